The van der Waals surface area contributed by atoms with Gasteiger partial charge >= 0.3 is 0 Å². The Morgan fingerprint density at radius 3 is 2.86 bits per heavy atom. The van der Waals surface area contributed by atoms with Gasteiger partial charge in [0.05, 0.1) is 17.2 Å². The molecule has 142 valence electrons. The number of hydrogen-bond donors (Lipinski definition) is 1. The molecule has 0 atom stereocenters. The molecule has 0 aliphatic rings. The molecule has 3 aromatic heterocycles. The average molecular weight is 395 g/mol. The maximum absolute atomic E-state index is 12.6. The summed E-state index contributed by atoms with van der Waals surface area (Å²) in [6.45, 7) is 1.74. The zero-order valence-corrected chi connectivity index (χ0v) is 16.1. The molecule has 9 heteroatoms. The van der Waals surface area contributed by atoms with Crippen LogP contribution in [0.3, 0.4) is 0 Å². The number of carbonyl (C=O) groups excluding carboxylic acids is 1. The highest BCUT2D eigenvalue weighted by atomic mass is 32.1. The number of azo groups is 1. The van der Waals surface area contributed by atoms with E-state index in [0.29, 0.717) is 15.6 Å². The molecule has 0 saturated heterocycles. The van der Waals surface area contributed by atoms with Crippen LogP contribution in [0.15, 0.2) is 51.7 Å². The zero-order valence-electron chi connectivity index (χ0n) is 15.3. The first-order valence-corrected chi connectivity index (χ1v) is 9.50. The summed E-state index contributed by atoms with van der Waals surface area (Å²) < 4.78 is 2.79. The molecular formula is C19H17N5O3S. The molecule has 0 aliphatic heterocycles. The van der Waals surface area contributed by atoms with E-state index in [1.165, 1.54) is 22.2 Å². The van der Waals surface area contributed by atoms with E-state index in [-0.39, 0.29) is 23.7 Å². The van der Waals surface area contributed by atoms with E-state index in [4.69, 9.17) is 0 Å². The van der Waals surface area contributed by atoms with Gasteiger partial charge in [0.1, 0.15) is 11.4 Å². The Labute approximate surface area is 163 Å². The molecule has 1 aromatic carbocycles. The Morgan fingerprint density at radius 2 is 2.07 bits per heavy atom. The van der Waals surface area contributed by atoms with E-state index in [9.17, 15) is 14.7 Å². The number of aromatic hydroxyl groups is 1. The van der Waals surface area contributed by atoms with E-state index in [1.807, 2.05) is 31.2 Å². The number of rotatable bonds is 4. The molecule has 0 radical (unpaired) electrons. The van der Waals surface area contributed by atoms with Crippen LogP contribution in [0.25, 0.3) is 21.1 Å². The van der Waals surface area contributed by atoms with Crippen molar-refractivity contribution in [2.75, 3.05) is 0 Å². The Morgan fingerprint density at radius 1 is 1.29 bits per heavy atom. The fraction of sp³-hybridized carbons (Fsp3) is 0.211. The summed E-state index contributed by atoms with van der Waals surface area (Å²) in [7, 11) is 1.70. The van der Waals surface area contributed by atoms with Gasteiger partial charge in [0, 0.05) is 17.3 Å². The minimum atomic E-state index is -0.610. The lowest BCUT2D eigenvalue weighted by Gasteiger charge is -2.00. The van der Waals surface area contributed by atoms with Crippen LogP contribution in [0.5, 0.6) is 5.88 Å². The Bertz CT molecular complexity index is 1300. The number of para-hydroxylation sites is 1. The Balaban J connectivity index is 1.62. The molecule has 0 fully saturated rings. The zero-order chi connectivity index (χ0) is 19.8. The first-order valence-electron chi connectivity index (χ1n) is 8.68. The molecule has 8 nitrogen and oxygen atoms in total. The van der Waals surface area contributed by atoms with Gasteiger partial charge in [0.25, 0.3) is 11.5 Å². The molecular weight excluding hydrogens is 378 g/mol. The number of nitrogens with zero attached hydrogens (tertiary/aromatic N) is 5. The summed E-state index contributed by atoms with van der Waals surface area (Å²) >= 11 is 1.47. The van der Waals surface area contributed by atoms with Gasteiger partial charge < -0.3 is 9.67 Å². The molecule has 0 bridgehead atoms. The number of hydrogen-bond acceptors (Lipinski definition) is 6. The second-order valence-corrected chi connectivity index (χ2v) is 7.42. The molecule has 1 N–H and O–H groups in total. The number of amides is 1. The number of carbonyl (C=O) groups is 1. The van der Waals surface area contributed by atoms with Crippen LogP contribution in [-0.2, 0) is 24.8 Å². The highest BCUT2D eigenvalue weighted by Crippen LogP contribution is 2.37. The first-order chi connectivity index (χ1) is 13.5. The van der Waals surface area contributed by atoms with Crippen molar-refractivity contribution in [1.29, 1.82) is 0 Å². The molecule has 28 heavy (non-hydrogen) atoms. The maximum Gasteiger partial charge on any atom is 0.284 e. The van der Waals surface area contributed by atoms with Crippen molar-refractivity contribution in [1.82, 2.24) is 14.1 Å². The first kappa shape index (κ1) is 18.1. The standard InChI is InChI=1S/C19H17N5O3S/c1-3-11-8-13-17(28-11)20-10-24(18(13)26)9-15(25)21-22-16-12-6-4-5-7-14(12)23(2)19(16)27/h4-8,10,27H,3,9H2,1-2H3. The second-order valence-electron chi connectivity index (χ2n) is 6.30. The quantitative estimate of drug-likeness (QED) is 0.534. The van der Waals surface area contributed by atoms with E-state index in [1.54, 1.807) is 17.7 Å². The van der Waals surface area contributed by atoms with Gasteiger partial charge in [-0.15, -0.1) is 21.6 Å². The van der Waals surface area contributed by atoms with E-state index in [2.05, 4.69) is 15.2 Å². The van der Waals surface area contributed by atoms with E-state index in [0.717, 1.165) is 16.8 Å². The summed E-state index contributed by atoms with van der Waals surface area (Å²) in [6.07, 6.45) is 2.17. The second kappa shape index (κ2) is 7.01. The Hall–Kier alpha value is -3.33. The largest absolute Gasteiger partial charge is 0.493 e. The fourth-order valence-electron chi connectivity index (χ4n) is 3.04. The Kier molecular flexibility index (Phi) is 4.52. The van der Waals surface area contributed by atoms with Crippen LogP contribution in [-0.4, -0.2) is 25.1 Å². The number of aromatic nitrogens is 3. The van der Waals surface area contributed by atoms with Crippen LogP contribution in [0.2, 0.25) is 0 Å². The van der Waals surface area contributed by atoms with Gasteiger partial charge in [-0.1, -0.05) is 25.1 Å². The van der Waals surface area contributed by atoms with Crippen molar-refractivity contribution in [2.45, 2.75) is 19.9 Å². The van der Waals surface area contributed by atoms with Crippen LogP contribution in [0, 0.1) is 0 Å². The molecule has 1 amide bonds. The third-order valence-electron chi connectivity index (χ3n) is 4.53. The topological polar surface area (TPSA) is 102 Å². The van der Waals surface area contributed by atoms with Gasteiger partial charge in [-0.25, -0.2) is 4.98 Å². The minimum Gasteiger partial charge on any atom is -0.493 e. The number of fused-ring (bicyclic) bond motifs is 2. The molecule has 3 heterocycles. The summed E-state index contributed by atoms with van der Waals surface area (Å²) in [5, 5.41) is 19.0. The van der Waals surface area contributed by atoms with Crippen molar-refractivity contribution in [3.05, 3.63) is 51.9 Å². The lowest BCUT2D eigenvalue weighted by atomic mass is 10.2. The molecule has 0 saturated carbocycles. The highest BCUT2D eigenvalue weighted by molar-refractivity contribution is 7.18. The summed E-state index contributed by atoms with van der Waals surface area (Å²) in [5.41, 5.74) is 0.715. The monoisotopic (exact) mass is 395 g/mol. The van der Waals surface area contributed by atoms with Crippen LogP contribution >= 0.6 is 11.3 Å². The SMILES string of the molecule is CCc1cc2c(=O)n(CC(=O)N=Nc3c(O)n(C)c4ccccc34)cnc2s1. The van der Waals surface area contributed by atoms with Gasteiger partial charge in [0.15, 0.2) is 5.69 Å². The fourth-order valence-corrected chi connectivity index (χ4v) is 3.96. The van der Waals surface area contributed by atoms with Gasteiger partial charge in [-0.05, 0) is 18.6 Å². The summed E-state index contributed by atoms with van der Waals surface area (Å²) in [6, 6.07) is 9.10. The normalized spacial score (nSPS) is 11.8. The van der Waals surface area contributed by atoms with Crippen LogP contribution in [0.1, 0.15) is 11.8 Å². The van der Waals surface area contributed by atoms with Crippen molar-refractivity contribution < 1.29 is 9.90 Å². The summed E-state index contributed by atoms with van der Waals surface area (Å²) in [4.78, 5) is 30.8. The number of thiophene rings is 1. The smallest absolute Gasteiger partial charge is 0.284 e. The third kappa shape index (κ3) is 2.99. The maximum atomic E-state index is 12.6. The van der Waals surface area contributed by atoms with Crippen molar-refractivity contribution in [2.24, 2.45) is 17.3 Å². The molecule has 0 aliphatic carbocycles. The average Bonchev–Trinajstić information content (AvgIpc) is 3.23. The molecule has 0 unspecified atom stereocenters. The van der Waals surface area contributed by atoms with Crippen molar-refractivity contribution >= 4 is 44.1 Å². The lowest BCUT2D eigenvalue weighted by molar-refractivity contribution is -0.118. The predicted molar refractivity (Wildman–Crippen MR) is 107 cm³/mol. The molecule has 0 spiro atoms. The van der Waals surface area contributed by atoms with Crippen LogP contribution in [0.4, 0.5) is 5.69 Å². The number of aryl methyl sites for hydroxylation is 2. The van der Waals surface area contributed by atoms with Gasteiger partial charge in [-0.3, -0.25) is 14.2 Å². The third-order valence-corrected chi connectivity index (χ3v) is 5.72. The predicted octanol–water partition coefficient (Wildman–Crippen LogP) is 3.53. The minimum absolute atomic E-state index is 0.0802. The highest BCUT2D eigenvalue weighted by Gasteiger charge is 2.15. The van der Waals surface area contributed by atoms with Gasteiger partial charge in [0.2, 0.25) is 5.88 Å². The molecule has 4 aromatic rings. The van der Waals surface area contributed by atoms with Crippen molar-refractivity contribution in [3.8, 4) is 5.88 Å². The summed E-state index contributed by atoms with van der Waals surface area (Å²) in [5.74, 6) is -0.690. The van der Waals surface area contributed by atoms with Gasteiger partial charge in [-0.2, -0.15) is 0 Å². The lowest BCUT2D eigenvalue weighted by Crippen LogP contribution is -2.23. The van der Waals surface area contributed by atoms with Crippen molar-refractivity contribution in [3.63, 3.8) is 0 Å². The van der Waals surface area contributed by atoms with Crippen LogP contribution < -0.4 is 5.56 Å². The molecule has 4 rings (SSSR count). The number of benzene rings is 1. The van der Waals surface area contributed by atoms with E-state index >= 15 is 0 Å². The van der Waals surface area contributed by atoms with E-state index < -0.39 is 5.91 Å².